The Morgan fingerprint density at radius 2 is 2.43 bits per heavy atom. The molecule has 0 aliphatic carbocycles. The van der Waals surface area contributed by atoms with Crippen molar-refractivity contribution in [2.24, 2.45) is 0 Å². The van der Waals surface area contributed by atoms with Gasteiger partial charge in [0.25, 0.3) is 0 Å². The number of aromatic carboxylic acids is 1. The zero-order chi connectivity index (χ0) is 10.1. The second kappa shape index (κ2) is 3.14. The summed E-state index contributed by atoms with van der Waals surface area (Å²) in [5.74, 6) is -0.0405. The maximum absolute atomic E-state index is 10.9. The van der Waals surface area contributed by atoms with Crippen molar-refractivity contribution in [2.75, 3.05) is 0 Å². The van der Waals surface area contributed by atoms with E-state index in [0.29, 0.717) is 11.1 Å². The van der Waals surface area contributed by atoms with Gasteiger partial charge in [0, 0.05) is 12.6 Å². The largest absolute Gasteiger partial charge is 0.478 e. The molecule has 4 heteroatoms. The molecule has 0 atom stereocenters. The van der Waals surface area contributed by atoms with Crippen molar-refractivity contribution >= 4 is 11.5 Å². The minimum absolute atomic E-state index is 0.291. The van der Waals surface area contributed by atoms with Crippen LogP contribution in [0.3, 0.4) is 0 Å². The highest BCUT2D eigenvalue weighted by Gasteiger charge is 2.10. The van der Waals surface area contributed by atoms with Gasteiger partial charge in [-0.2, -0.15) is 0 Å². The summed E-state index contributed by atoms with van der Waals surface area (Å²) in [5.41, 5.74) is 0.941. The van der Waals surface area contributed by atoms with Crippen LogP contribution in [0.1, 0.15) is 23.1 Å². The predicted octanol–water partition coefficient (Wildman–Crippen LogP) is 1.59. The lowest BCUT2D eigenvalue weighted by molar-refractivity contribution is 0.0698. The number of pyridine rings is 1. The average molecular weight is 190 g/mol. The summed E-state index contributed by atoms with van der Waals surface area (Å²) in [6, 6.07) is 3.30. The summed E-state index contributed by atoms with van der Waals surface area (Å²) in [7, 11) is 0. The third kappa shape index (κ3) is 1.16. The van der Waals surface area contributed by atoms with Crippen LogP contribution in [0.4, 0.5) is 0 Å². The summed E-state index contributed by atoms with van der Waals surface area (Å²) in [6.07, 6.45) is 4.22. The van der Waals surface area contributed by atoms with Gasteiger partial charge in [-0.25, -0.2) is 9.78 Å². The van der Waals surface area contributed by atoms with Crippen LogP contribution in [-0.4, -0.2) is 20.5 Å². The Balaban J connectivity index is 2.76. The first kappa shape index (κ1) is 8.74. The lowest BCUT2D eigenvalue weighted by atomic mass is 10.2. The van der Waals surface area contributed by atoms with Gasteiger partial charge in [-0.15, -0.1) is 0 Å². The van der Waals surface area contributed by atoms with Crippen molar-refractivity contribution in [1.82, 2.24) is 9.38 Å². The molecular weight excluding hydrogens is 180 g/mol. The Morgan fingerprint density at radius 3 is 3.07 bits per heavy atom. The molecule has 2 aromatic heterocycles. The molecule has 0 aliphatic heterocycles. The molecule has 0 radical (unpaired) electrons. The molecule has 0 aromatic carbocycles. The van der Waals surface area contributed by atoms with E-state index in [9.17, 15) is 4.79 Å². The molecule has 72 valence electrons. The summed E-state index contributed by atoms with van der Waals surface area (Å²) >= 11 is 0. The van der Waals surface area contributed by atoms with E-state index >= 15 is 0 Å². The summed E-state index contributed by atoms with van der Waals surface area (Å²) < 4.78 is 1.81. The Labute approximate surface area is 80.8 Å². The van der Waals surface area contributed by atoms with E-state index in [0.717, 1.165) is 12.2 Å². The third-order valence-electron chi connectivity index (χ3n) is 2.19. The summed E-state index contributed by atoms with van der Waals surface area (Å²) in [6.45, 7) is 1.99. The van der Waals surface area contributed by atoms with Gasteiger partial charge >= 0.3 is 5.97 Å². The second-order valence-corrected chi connectivity index (χ2v) is 3.01. The number of hydrogen-bond acceptors (Lipinski definition) is 2. The van der Waals surface area contributed by atoms with E-state index in [1.54, 1.807) is 18.3 Å². The number of aryl methyl sites for hydroxylation is 1. The Hall–Kier alpha value is -1.84. The fourth-order valence-corrected chi connectivity index (χ4v) is 1.52. The maximum Gasteiger partial charge on any atom is 0.337 e. The molecule has 0 spiro atoms. The van der Waals surface area contributed by atoms with Crippen molar-refractivity contribution in [2.45, 2.75) is 13.3 Å². The normalized spacial score (nSPS) is 10.6. The molecule has 0 amide bonds. The van der Waals surface area contributed by atoms with Gasteiger partial charge in [0.2, 0.25) is 0 Å². The number of imidazole rings is 1. The monoisotopic (exact) mass is 190 g/mol. The molecule has 0 fully saturated rings. The minimum Gasteiger partial charge on any atom is -0.478 e. The number of nitrogens with zero attached hydrogens (tertiary/aromatic N) is 2. The topological polar surface area (TPSA) is 54.6 Å². The van der Waals surface area contributed by atoms with Crippen molar-refractivity contribution < 1.29 is 9.90 Å². The number of hydrogen-bond donors (Lipinski definition) is 1. The van der Waals surface area contributed by atoms with Crippen LogP contribution >= 0.6 is 0 Å². The molecule has 0 saturated carbocycles. The Bertz CT molecular complexity index is 488. The van der Waals surface area contributed by atoms with Gasteiger partial charge in [-0.3, -0.25) is 0 Å². The van der Waals surface area contributed by atoms with E-state index in [1.807, 2.05) is 17.5 Å². The molecule has 0 aliphatic rings. The molecule has 2 rings (SSSR count). The van der Waals surface area contributed by atoms with Gasteiger partial charge in [0.1, 0.15) is 5.82 Å². The van der Waals surface area contributed by atoms with Gasteiger partial charge in [-0.1, -0.05) is 6.92 Å². The summed E-state index contributed by atoms with van der Waals surface area (Å²) in [5, 5.41) is 8.92. The van der Waals surface area contributed by atoms with Gasteiger partial charge < -0.3 is 9.51 Å². The van der Waals surface area contributed by atoms with E-state index < -0.39 is 5.97 Å². The molecule has 2 aromatic rings. The number of carboxylic acids is 1. The molecule has 14 heavy (non-hydrogen) atoms. The highest BCUT2D eigenvalue weighted by molar-refractivity contribution is 5.95. The third-order valence-corrected chi connectivity index (χ3v) is 2.19. The van der Waals surface area contributed by atoms with Crippen LogP contribution in [0, 0.1) is 0 Å². The average Bonchev–Trinajstić information content (AvgIpc) is 2.59. The molecule has 2 heterocycles. The van der Waals surface area contributed by atoms with Gasteiger partial charge in [-0.05, 0) is 12.1 Å². The van der Waals surface area contributed by atoms with Crippen LogP contribution in [0.15, 0.2) is 24.5 Å². The first-order valence-electron chi connectivity index (χ1n) is 4.42. The lowest BCUT2D eigenvalue weighted by Gasteiger charge is -2.00. The number of carboxylic acid groups (broad SMARTS) is 1. The smallest absolute Gasteiger partial charge is 0.337 e. The van der Waals surface area contributed by atoms with E-state index in [4.69, 9.17) is 5.11 Å². The van der Waals surface area contributed by atoms with Crippen LogP contribution in [0.25, 0.3) is 5.52 Å². The minimum atomic E-state index is -0.918. The van der Waals surface area contributed by atoms with E-state index in [2.05, 4.69) is 4.98 Å². The predicted molar refractivity (Wildman–Crippen MR) is 51.5 cm³/mol. The van der Waals surface area contributed by atoms with Crippen molar-refractivity contribution in [3.8, 4) is 0 Å². The second-order valence-electron chi connectivity index (χ2n) is 3.01. The Morgan fingerprint density at radius 1 is 1.64 bits per heavy atom. The molecule has 0 unspecified atom stereocenters. The zero-order valence-corrected chi connectivity index (χ0v) is 7.77. The van der Waals surface area contributed by atoms with Crippen molar-refractivity contribution in [3.05, 3.63) is 35.9 Å². The standard InChI is InChI=1S/C10H10N2O2/c1-2-9-11-6-8-7(10(13)14)4-3-5-12(8)9/h3-6H,2H2,1H3,(H,13,14). The lowest BCUT2D eigenvalue weighted by Crippen LogP contribution is -2.00. The first-order chi connectivity index (χ1) is 6.74. The van der Waals surface area contributed by atoms with Crippen molar-refractivity contribution in [1.29, 1.82) is 0 Å². The highest BCUT2D eigenvalue weighted by atomic mass is 16.4. The van der Waals surface area contributed by atoms with Crippen LogP contribution in [-0.2, 0) is 6.42 Å². The molecule has 0 bridgehead atoms. The van der Waals surface area contributed by atoms with E-state index in [-0.39, 0.29) is 0 Å². The van der Waals surface area contributed by atoms with Crippen LogP contribution in [0.5, 0.6) is 0 Å². The highest BCUT2D eigenvalue weighted by Crippen LogP contribution is 2.12. The molecule has 1 N–H and O–H groups in total. The van der Waals surface area contributed by atoms with Crippen LogP contribution < -0.4 is 0 Å². The number of carbonyl (C=O) groups is 1. The fraction of sp³-hybridized carbons (Fsp3) is 0.200. The molecule has 4 nitrogen and oxygen atoms in total. The van der Waals surface area contributed by atoms with Crippen LogP contribution in [0.2, 0.25) is 0 Å². The van der Waals surface area contributed by atoms with Crippen molar-refractivity contribution in [3.63, 3.8) is 0 Å². The first-order valence-corrected chi connectivity index (χ1v) is 4.42. The number of aromatic nitrogens is 2. The fourth-order valence-electron chi connectivity index (χ4n) is 1.52. The SMILES string of the molecule is CCc1ncc2c(C(=O)O)cccn12. The summed E-state index contributed by atoms with van der Waals surface area (Å²) in [4.78, 5) is 15.0. The quantitative estimate of drug-likeness (QED) is 0.782. The zero-order valence-electron chi connectivity index (χ0n) is 7.77. The Kier molecular flexibility index (Phi) is 1.96. The maximum atomic E-state index is 10.9. The van der Waals surface area contributed by atoms with Gasteiger partial charge in [0.05, 0.1) is 17.3 Å². The number of rotatable bonds is 2. The molecule has 0 saturated heterocycles. The number of fused-ring (bicyclic) bond motifs is 1. The molecular formula is C10H10N2O2. The van der Waals surface area contributed by atoms with Gasteiger partial charge in [0.15, 0.2) is 0 Å². The van der Waals surface area contributed by atoms with E-state index in [1.165, 1.54) is 0 Å².